The molecular weight excluding hydrogens is 388 g/mol. The van der Waals surface area contributed by atoms with Gasteiger partial charge in [-0.2, -0.15) is 8.42 Å². The van der Waals surface area contributed by atoms with Crippen LogP contribution in [0.4, 0.5) is 0 Å². The summed E-state index contributed by atoms with van der Waals surface area (Å²) in [6.45, 7) is 8.83. The molecule has 0 aromatic heterocycles. The van der Waals surface area contributed by atoms with E-state index in [0.29, 0.717) is 0 Å². The maximum atomic E-state index is 12.5. The van der Waals surface area contributed by atoms with Crippen molar-refractivity contribution in [2.75, 3.05) is 6.61 Å². The lowest BCUT2D eigenvalue weighted by Crippen LogP contribution is -2.56. The van der Waals surface area contributed by atoms with E-state index >= 15 is 0 Å². The molecule has 0 saturated carbocycles. The average Bonchev–Trinajstić information content (AvgIpc) is 3.07. The number of rotatable bonds is 4. The lowest BCUT2D eigenvalue weighted by Gasteiger charge is -2.36. The molecular formula is C19H26O8S. The Morgan fingerprint density at radius 1 is 0.893 bits per heavy atom. The zero-order chi connectivity index (χ0) is 20.3. The Balaban J connectivity index is 1.52. The smallest absolute Gasteiger partial charge is 0.297 e. The van der Waals surface area contributed by atoms with Crippen molar-refractivity contribution in [3.8, 4) is 0 Å². The molecule has 9 heteroatoms. The maximum Gasteiger partial charge on any atom is 0.297 e. The molecule has 1 aromatic rings. The first-order valence-electron chi connectivity index (χ1n) is 9.29. The fraction of sp³-hybridized carbons (Fsp3) is 0.684. The number of aryl methyl sites for hydroxylation is 1. The van der Waals surface area contributed by atoms with Crippen molar-refractivity contribution in [3.05, 3.63) is 29.8 Å². The van der Waals surface area contributed by atoms with Crippen LogP contribution in [0.15, 0.2) is 29.2 Å². The Bertz CT molecular complexity index is 832. The third-order valence-corrected chi connectivity index (χ3v) is 6.24. The number of hydrogen-bond donors (Lipinski definition) is 0. The van der Waals surface area contributed by atoms with E-state index in [-0.39, 0.29) is 11.5 Å². The molecule has 0 spiro atoms. The van der Waals surface area contributed by atoms with Crippen molar-refractivity contribution in [3.63, 3.8) is 0 Å². The standard InChI is InChI=1S/C19H26O8S/c1-11-6-8-12(9-7-11)28(20,21)22-10-13-14-15(25-18(2,3)24-14)16-17(23-13)27-19(4,5)26-16/h6-9,13-17H,10H2,1-5H3/t13-,14+,15?,16-,17?/m1/s1. The van der Waals surface area contributed by atoms with Gasteiger partial charge in [-0.15, -0.1) is 0 Å². The van der Waals surface area contributed by atoms with Gasteiger partial charge in [0.2, 0.25) is 0 Å². The molecule has 1 aromatic carbocycles. The molecule has 156 valence electrons. The number of benzene rings is 1. The van der Waals surface area contributed by atoms with Gasteiger partial charge in [0.1, 0.15) is 24.4 Å². The average molecular weight is 414 g/mol. The van der Waals surface area contributed by atoms with Gasteiger partial charge in [0.05, 0.1) is 11.5 Å². The van der Waals surface area contributed by atoms with Gasteiger partial charge in [-0.25, -0.2) is 0 Å². The fourth-order valence-electron chi connectivity index (χ4n) is 3.76. The molecule has 3 saturated heterocycles. The Kier molecular flexibility index (Phi) is 4.86. The highest BCUT2D eigenvalue weighted by atomic mass is 32.2. The fourth-order valence-corrected chi connectivity index (χ4v) is 4.68. The van der Waals surface area contributed by atoms with Gasteiger partial charge in [0, 0.05) is 0 Å². The Morgan fingerprint density at radius 3 is 2.14 bits per heavy atom. The van der Waals surface area contributed by atoms with Crippen LogP contribution in [0.3, 0.4) is 0 Å². The van der Waals surface area contributed by atoms with E-state index in [2.05, 4.69) is 0 Å². The minimum Gasteiger partial charge on any atom is -0.342 e. The van der Waals surface area contributed by atoms with Gasteiger partial charge in [0.15, 0.2) is 17.9 Å². The van der Waals surface area contributed by atoms with Crippen LogP contribution in [0.1, 0.15) is 33.3 Å². The van der Waals surface area contributed by atoms with E-state index in [9.17, 15) is 8.42 Å². The highest BCUT2D eigenvalue weighted by Crippen LogP contribution is 2.44. The summed E-state index contributed by atoms with van der Waals surface area (Å²) in [6, 6.07) is 6.46. The van der Waals surface area contributed by atoms with Gasteiger partial charge in [-0.3, -0.25) is 4.18 Å². The molecule has 2 unspecified atom stereocenters. The van der Waals surface area contributed by atoms with Crippen molar-refractivity contribution in [2.45, 2.75) is 81.8 Å². The molecule has 0 bridgehead atoms. The van der Waals surface area contributed by atoms with E-state index in [4.69, 9.17) is 27.9 Å². The maximum absolute atomic E-state index is 12.5. The highest BCUT2D eigenvalue weighted by molar-refractivity contribution is 7.86. The molecule has 0 N–H and O–H groups in total. The van der Waals surface area contributed by atoms with E-state index < -0.39 is 52.4 Å². The van der Waals surface area contributed by atoms with Gasteiger partial charge < -0.3 is 23.7 Å². The number of ether oxygens (including phenoxy) is 5. The van der Waals surface area contributed by atoms with E-state index in [1.54, 1.807) is 39.8 Å². The molecule has 3 aliphatic rings. The Hall–Kier alpha value is -1.07. The minimum atomic E-state index is -3.93. The normalized spacial score (nSPS) is 36.1. The van der Waals surface area contributed by atoms with Crippen LogP contribution in [0.2, 0.25) is 0 Å². The predicted molar refractivity (Wildman–Crippen MR) is 96.8 cm³/mol. The van der Waals surface area contributed by atoms with Crippen molar-refractivity contribution < 1.29 is 36.3 Å². The summed E-state index contributed by atoms with van der Waals surface area (Å²) in [5, 5.41) is 0. The van der Waals surface area contributed by atoms with Crippen LogP contribution in [0.5, 0.6) is 0 Å². The molecule has 3 heterocycles. The van der Waals surface area contributed by atoms with E-state index in [1.807, 2.05) is 6.92 Å². The molecule has 5 atom stereocenters. The van der Waals surface area contributed by atoms with E-state index in [1.165, 1.54) is 12.1 Å². The first kappa shape index (κ1) is 20.2. The monoisotopic (exact) mass is 414 g/mol. The summed E-state index contributed by atoms with van der Waals surface area (Å²) in [7, 11) is -3.93. The molecule has 0 radical (unpaired) electrons. The number of hydrogen-bond acceptors (Lipinski definition) is 8. The first-order chi connectivity index (χ1) is 13.0. The van der Waals surface area contributed by atoms with Crippen LogP contribution in [0, 0.1) is 6.92 Å². The topological polar surface area (TPSA) is 89.5 Å². The van der Waals surface area contributed by atoms with Crippen LogP contribution in [-0.2, 0) is 38.0 Å². The van der Waals surface area contributed by atoms with Crippen LogP contribution in [-0.4, -0.2) is 57.3 Å². The minimum absolute atomic E-state index is 0.0915. The predicted octanol–water partition coefficient (Wildman–Crippen LogP) is 2.10. The van der Waals surface area contributed by atoms with Crippen molar-refractivity contribution >= 4 is 10.1 Å². The third-order valence-electron chi connectivity index (χ3n) is 4.95. The molecule has 0 amide bonds. The van der Waals surface area contributed by atoms with Gasteiger partial charge in [-0.05, 0) is 46.8 Å². The second-order valence-electron chi connectivity index (χ2n) is 8.26. The van der Waals surface area contributed by atoms with Crippen molar-refractivity contribution in [2.24, 2.45) is 0 Å². The van der Waals surface area contributed by atoms with Gasteiger partial charge in [-0.1, -0.05) is 17.7 Å². The van der Waals surface area contributed by atoms with Gasteiger partial charge >= 0.3 is 0 Å². The molecule has 28 heavy (non-hydrogen) atoms. The molecule has 0 aliphatic carbocycles. The summed E-state index contributed by atoms with van der Waals surface area (Å²) in [5.41, 5.74) is 0.961. The summed E-state index contributed by atoms with van der Waals surface area (Å²) >= 11 is 0. The van der Waals surface area contributed by atoms with Gasteiger partial charge in [0.25, 0.3) is 10.1 Å². The molecule has 4 rings (SSSR count). The summed E-state index contributed by atoms with van der Waals surface area (Å²) in [5.74, 6) is -1.68. The quantitative estimate of drug-likeness (QED) is 0.692. The number of fused-ring (bicyclic) bond motifs is 3. The van der Waals surface area contributed by atoms with Crippen LogP contribution < -0.4 is 0 Å². The van der Waals surface area contributed by atoms with Crippen LogP contribution >= 0.6 is 0 Å². The largest absolute Gasteiger partial charge is 0.342 e. The summed E-state index contributed by atoms with van der Waals surface area (Å²) in [6.07, 6.45) is -2.84. The SMILES string of the molecule is Cc1ccc(S(=O)(=O)OC[C@H]2OC3OC(C)(C)O[C@@H]3C3OC(C)(C)O[C@H]32)cc1. The van der Waals surface area contributed by atoms with Crippen molar-refractivity contribution in [1.29, 1.82) is 0 Å². The zero-order valence-electron chi connectivity index (χ0n) is 16.6. The second kappa shape index (κ2) is 6.73. The van der Waals surface area contributed by atoms with Crippen LogP contribution in [0.25, 0.3) is 0 Å². The van der Waals surface area contributed by atoms with Crippen molar-refractivity contribution in [1.82, 2.24) is 0 Å². The van der Waals surface area contributed by atoms with E-state index in [0.717, 1.165) is 5.56 Å². The molecule has 3 fully saturated rings. The lowest BCUT2D eigenvalue weighted by molar-refractivity contribution is -0.238. The summed E-state index contributed by atoms with van der Waals surface area (Å²) in [4.78, 5) is 0.0915. The first-order valence-corrected chi connectivity index (χ1v) is 10.7. The molecule has 3 aliphatic heterocycles. The lowest BCUT2D eigenvalue weighted by atomic mass is 9.99. The molecule has 8 nitrogen and oxygen atoms in total. The Morgan fingerprint density at radius 2 is 1.46 bits per heavy atom. The zero-order valence-corrected chi connectivity index (χ0v) is 17.4. The summed E-state index contributed by atoms with van der Waals surface area (Å²) < 4.78 is 60.0. The Labute approximate surface area is 165 Å². The highest BCUT2D eigenvalue weighted by Gasteiger charge is 2.60. The third kappa shape index (κ3) is 3.85. The second-order valence-corrected chi connectivity index (χ2v) is 9.87.